The van der Waals surface area contributed by atoms with Crippen LogP contribution < -0.4 is 9.88 Å². The zero-order chi connectivity index (χ0) is 16.5. The molecule has 2 N–H and O–H groups in total. The van der Waals surface area contributed by atoms with Crippen LogP contribution in [-0.2, 0) is 19.9 Å². The molecule has 0 saturated heterocycles. The molecule has 0 saturated carbocycles. The van der Waals surface area contributed by atoms with E-state index in [2.05, 4.69) is 0 Å². The van der Waals surface area contributed by atoms with E-state index in [1.54, 1.807) is 20.8 Å². The minimum absolute atomic E-state index is 0.230. The molecule has 1 aromatic carbocycles. The Kier molecular flexibility index (Phi) is 5.01. The van der Waals surface area contributed by atoms with Gasteiger partial charge in [-0.2, -0.15) is 0 Å². The van der Waals surface area contributed by atoms with Crippen molar-refractivity contribution < 1.29 is 26.0 Å². The Morgan fingerprint density at radius 1 is 1.19 bits per heavy atom. The van der Waals surface area contributed by atoms with Crippen molar-refractivity contribution in [1.82, 2.24) is 0 Å². The van der Waals surface area contributed by atoms with E-state index in [0.717, 1.165) is 18.2 Å². The fraction of sp³-hybridized carbons (Fsp3) is 0.500. The smallest absolute Gasteiger partial charge is 0.238 e. The highest BCUT2D eigenvalue weighted by molar-refractivity contribution is 7.92. The Morgan fingerprint density at radius 2 is 1.76 bits per heavy atom. The Balaban J connectivity index is 2.79. The van der Waals surface area contributed by atoms with Crippen LogP contribution in [0.2, 0.25) is 0 Å². The molecule has 0 aromatic heterocycles. The quantitative estimate of drug-likeness (QED) is 0.864. The predicted molar refractivity (Wildman–Crippen MR) is 76.8 cm³/mol. The monoisotopic (exact) mass is 339 g/mol. The average molecular weight is 339 g/mol. The SMILES string of the molecule is CC(C)(C)S(=O)(=O)CCOc1ccc(S(N)(=O)=O)cc1F. The summed E-state index contributed by atoms with van der Waals surface area (Å²) >= 11 is 0. The Bertz CT molecular complexity index is 721. The maximum atomic E-state index is 13.6. The number of halogens is 1. The van der Waals surface area contributed by atoms with E-state index in [-0.39, 0.29) is 23.0 Å². The van der Waals surface area contributed by atoms with Gasteiger partial charge in [-0.25, -0.2) is 26.4 Å². The third kappa shape index (κ3) is 4.65. The summed E-state index contributed by atoms with van der Waals surface area (Å²) in [4.78, 5) is -0.380. The minimum atomic E-state index is -4.00. The number of sulfonamides is 1. The van der Waals surface area contributed by atoms with Gasteiger partial charge in [0.05, 0.1) is 15.4 Å². The molecule has 6 nitrogen and oxygen atoms in total. The minimum Gasteiger partial charge on any atom is -0.489 e. The van der Waals surface area contributed by atoms with E-state index in [1.807, 2.05) is 0 Å². The van der Waals surface area contributed by atoms with Crippen molar-refractivity contribution in [3.63, 3.8) is 0 Å². The molecule has 0 radical (unpaired) electrons. The number of hydrogen-bond acceptors (Lipinski definition) is 5. The van der Waals surface area contributed by atoms with Crippen LogP contribution in [0.3, 0.4) is 0 Å². The van der Waals surface area contributed by atoms with Crippen molar-refractivity contribution in [2.75, 3.05) is 12.4 Å². The maximum Gasteiger partial charge on any atom is 0.238 e. The fourth-order valence-electron chi connectivity index (χ4n) is 1.34. The van der Waals surface area contributed by atoms with Gasteiger partial charge in [-0.05, 0) is 39.0 Å². The molecular weight excluding hydrogens is 321 g/mol. The standard InChI is InChI=1S/C12H18FNO5S2/c1-12(2,3)20(15,16)7-6-19-11-5-4-9(8-10(11)13)21(14,17)18/h4-5,8H,6-7H2,1-3H3,(H2,14,17,18). The van der Waals surface area contributed by atoms with E-state index in [1.165, 1.54) is 0 Å². The normalized spacial score (nSPS) is 13.2. The summed E-state index contributed by atoms with van der Waals surface area (Å²) in [6.07, 6.45) is 0. The third-order valence-electron chi connectivity index (χ3n) is 2.77. The lowest BCUT2D eigenvalue weighted by molar-refractivity contribution is 0.321. The maximum absolute atomic E-state index is 13.6. The second-order valence-corrected chi connectivity index (χ2v) is 9.84. The number of benzene rings is 1. The Morgan fingerprint density at radius 3 is 2.19 bits per heavy atom. The van der Waals surface area contributed by atoms with Crippen LogP contribution in [0.4, 0.5) is 4.39 Å². The highest BCUT2D eigenvalue weighted by Gasteiger charge is 2.28. The van der Waals surface area contributed by atoms with Crippen LogP contribution in [0, 0.1) is 5.82 Å². The van der Waals surface area contributed by atoms with E-state index >= 15 is 0 Å². The van der Waals surface area contributed by atoms with Gasteiger partial charge in [-0.15, -0.1) is 0 Å². The molecular formula is C12H18FNO5S2. The molecule has 0 spiro atoms. The predicted octanol–water partition coefficient (Wildman–Crippen LogP) is 1.07. The van der Waals surface area contributed by atoms with Gasteiger partial charge < -0.3 is 4.74 Å². The zero-order valence-electron chi connectivity index (χ0n) is 12.0. The summed E-state index contributed by atoms with van der Waals surface area (Å²) in [5, 5.41) is 4.87. The lowest BCUT2D eigenvalue weighted by atomic mass is 10.3. The molecule has 120 valence electrons. The molecule has 0 unspecified atom stereocenters. The van der Waals surface area contributed by atoms with E-state index in [0.29, 0.717) is 0 Å². The molecule has 0 atom stereocenters. The van der Waals surface area contributed by atoms with Gasteiger partial charge in [0.15, 0.2) is 21.4 Å². The van der Waals surface area contributed by atoms with Gasteiger partial charge in [-0.3, -0.25) is 0 Å². The van der Waals surface area contributed by atoms with Crippen LogP contribution in [0.1, 0.15) is 20.8 Å². The first-order valence-corrected chi connectivity index (χ1v) is 9.22. The second-order valence-electron chi connectivity index (χ2n) is 5.42. The summed E-state index contributed by atoms with van der Waals surface area (Å²) in [5.74, 6) is -1.42. The van der Waals surface area contributed by atoms with Crippen LogP contribution in [0.15, 0.2) is 23.1 Å². The largest absolute Gasteiger partial charge is 0.489 e. The van der Waals surface area contributed by atoms with Crippen LogP contribution in [0.25, 0.3) is 0 Å². The van der Waals surface area contributed by atoms with Gasteiger partial charge in [0, 0.05) is 0 Å². The molecule has 0 aliphatic heterocycles. The van der Waals surface area contributed by atoms with Gasteiger partial charge >= 0.3 is 0 Å². The topological polar surface area (TPSA) is 104 Å². The third-order valence-corrected chi connectivity index (χ3v) is 6.26. The molecule has 0 aliphatic carbocycles. The van der Waals surface area contributed by atoms with Crippen molar-refractivity contribution in [2.45, 2.75) is 30.4 Å². The van der Waals surface area contributed by atoms with Crippen LogP contribution in [-0.4, -0.2) is 33.9 Å². The van der Waals surface area contributed by atoms with Gasteiger partial charge in [0.1, 0.15) is 6.61 Å². The van der Waals surface area contributed by atoms with Gasteiger partial charge in [0.2, 0.25) is 10.0 Å². The van der Waals surface area contributed by atoms with Crippen molar-refractivity contribution in [1.29, 1.82) is 0 Å². The summed E-state index contributed by atoms with van der Waals surface area (Å²) in [6.45, 7) is 4.45. The number of rotatable bonds is 5. The lowest BCUT2D eigenvalue weighted by Crippen LogP contribution is -2.32. The fourth-order valence-corrected chi connectivity index (χ4v) is 2.78. The summed E-state index contributed by atoms with van der Waals surface area (Å²) in [7, 11) is -7.37. The lowest BCUT2D eigenvalue weighted by Gasteiger charge is -2.19. The summed E-state index contributed by atoms with van der Waals surface area (Å²) in [6, 6.07) is 2.91. The van der Waals surface area contributed by atoms with E-state index in [9.17, 15) is 21.2 Å². The van der Waals surface area contributed by atoms with Crippen molar-refractivity contribution in [3.05, 3.63) is 24.0 Å². The average Bonchev–Trinajstić information content (AvgIpc) is 2.28. The van der Waals surface area contributed by atoms with Crippen LogP contribution >= 0.6 is 0 Å². The molecule has 0 aliphatic rings. The highest BCUT2D eigenvalue weighted by atomic mass is 32.2. The number of hydrogen-bond donors (Lipinski definition) is 1. The van der Waals surface area contributed by atoms with Crippen molar-refractivity contribution in [3.8, 4) is 5.75 Å². The molecule has 21 heavy (non-hydrogen) atoms. The Labute approximate surface area is 124 Å². The first-order chi connectivity index (χ1) is 9.34. The molecule has 0 bridgehead atoms. The Hall–Kier alpha value is -1.19. The summed E-state index contributed by atoms with van der Waals surface area (Å²) < 4.78 is 63.5. The summed E-state index contributed by atoms with van der Waals surface area (Å²) in [5.41, 5.74) is 0. The molecule has 0 heterocycles. The highest BCUT2D eigenvalue weighted by Crippen LogP contribution is 2.21. The van der Waals surface area contributed by atoms with Gasteiger partial charge in [-0.1, -0.05) is 0 Å². The first kappa shape index (κ1) is 17.9. The second kappa shape index (κ2) is 5.90. The number of ether oxygens (including phenoxy) is 1. The number of sulfone groups is 1. The first-order valence-electron chi connectivity index (χ1n) is 6.02. The number of primary sulfonamides is 1. The van der Waals surface area contributed by atoms with E-state index < -0.39 is 30.4 Å². The number of nitrogens with two attached hydrogens (primary N) is 1. The molecule has 9 heteroatoms. The van der Waals surface area contributed by atoms with Gasteiger partial charge in [0.25, 0.3) is 0 Å². The van der Waals surface area contributed by atoms with Crippen molar-refractivity contribution in [2.24, 2.45) is 5.14 Å². The van der Waals surface area contributed by atoms with E-state index in [4.69, 9.17) is 9.88 Å². The molecule has 1 rings (SSSR count). The van der Waals surface area contributed by atoms with Crippen molar-refractivity contribution >= 4 is 19.9 Å². The zero-order valence-corrected chi connectivity index (χ0v) is 13.6. The molecule has 1 aromatic rings. The molecule has 0 fully saturated rings. The molecule has 0 amide bonds. The van der Waals surface area contributed by atoms with Crippen LogP contribution in [0.5, 0.6) is 5.75 Å².